The van der Waals surface area contributed by atoms with Crippen LogP contribution in [0.25, 0.3) is 0 Å². The van der Waals surface area contributed by atoms with Crippen LogP contribution in [0.5, 0.6) is 5.75 Å². The molecule has 0 aromatic heterocycles. The third kappa shape index (κ3) is 7.17. The van der Waals surface area contributed by atoms with E-state index in [0.29, 0.717) is 10.9 Å². The van der Waals surface area contributed by atoms with Gasteiger partial charge in [-0.1, -0.05) is 50.8 Å². The van der Waals surface area contributed by atoms with E-state index < -0.39 is 0 Å². The van der Waals surface area contributed by atoms with Crippen molar-refractivity contribution in [1.82, 2.24) is 5.32 Å². The number of amides is 1. The molecule has 0 radical (unpaired) electrons. The molecular weight excluding hydrogens is 322 g/mol. The molecule has 0 unspecified atom stereocenters. The van der Waals surface area contributed by atoms with Crippen molar-refractivity contribution < 1.29 is 9.53 Å². The van der Waals surface area contributed by atoms with Crippen molar-refractivity contribution in [3.8, 4) is 5.75 Å². The van der Waals surface area contributed by atoms with Crippen LogP contribution in [0.15, 0.2) is 34.5 Å². The van der Waals surface area contributed by atoms with E-state index in [2.05, 4.69) is 22.4 Å². The van der Waals surface area contributed by atoms with E-state index in [-0.39, 0.29) is 5.91 Å². The van der Waals surface area contributed by atoms with Gasteiger partial charge in [0.2, 0.25) is 5.91 Å². The average molecular weight is 347 g/mol. The highest BCUT2D eigenvalue weighted by atomic mass is 32.2. The number of benzene rings is 1. The van der Waals surface area contributed by atoms with Crippen LogP contribution >= 0.6 is 11.8 Å². The average Bonchev–Trinajstić information content (AvgIpc) is 3.01. The molecule has 0 spiro atoms. The Bertz CT molecular complexity index is 570. The lowest BCUT2D eigenvalue weighted by Gasteiger charge is -2.06. The van der Waals surface area contributed by atoms with E-state index in [0.717, 1.165) is 24.3 Å². The lowest BCUT2D eigenvalue weighted by Crippen LogP contribution is -2.19. The van der Waals surface area contributed by atoms with E-state index >= 15 is 0 Å². The van der Waals surface area contributed by atoms with Crippen molar-refractivity contribution in [2.45, 2.75) is 45.4 Å². The van der Waals surface area contributed by atoms with Crippen molar-refractivity contribution in [3.63, 3.8) is 0 Å². The second-order valence-electron chi connectivity index (χ2n) is 5.67. The molecule has 1 amide bonds. The van der Waals surface area contributed by atoms with Gasteiger partial charge in [0.15, 0.2) is 5.17 Å². The lowest BCUT2D eigenvalue weighted by molar-refractivity contribution is -0.116. The van der Waals surface area contributed by atoms with Crippen LogP contribution in [0.3, 0.4) is 0 Å². The Morgan fingerprint density at radius 3 is 2.62 bits per heavy atom. The molecule has 1 N–H and O–H groups in total. The van der Waals surface area contributed by atoms with E-state index in [4.69, 9.17) is 4.74 Å². The van der Waals surface area contributed by atoms with Crippen LogP contribution in [0.4, 0.5) is 0 Å². The Morgan fingerprint density at radius 2 is 1.92 bits per heavy atom. The molecule has 5 nitrogen and oxygen atoms in total. The number of rotatable bonds is 10. The molecule has 1 aromatic rings. The Morgan fingerprint density at radius 1 is 1.17 bits per heavy atom. The van der Waals surface area contributed by atoms with Crippen molar-refractivity contribution in [1.29, 1.82) is 0 Å². The molecule has 1 fully saturated rings. The predicted molar refractivity (Wildman–Crippen MR) is 101 cm³/mol. The first-order valence-corrected chi connectivity index (χ1v) is 9.53. The summed E-state index contributed by atoms with van der Waals surface area (Å²) in [6.45, 7) is 3.00. The molecule has 1 aliphatic heterocycles. The summed E-state index contributed by atoms with van der Waals surface area (Å²) >= 11 is 1.36. The molecular formula is C18H25N3O2S. The Kier molecular flexibility index (Phi) is 8.38. The summed E-state index contributed by atoms with van der Waals surface area (Å²) in [5.41, 5.74) is 0.945. The molecule has 1 aromatic carbocycles. The summed E-state index contributed by atoms with van der Waals surface area (Å²) in [4.78, 5) is 11.0. The van der Waals surface area contributed by atoms with Gasteiger partial charge in [-0.25, -0.2) is 0 Å². The molecule has 24 heavy (non-hydrogen) atoms. The van der Waals surface area contributed by atoms with Gasteiger partial charge in [0.1, 0.15) is 5.75 Å². The van der Waals surface area contributed by atoms with Crippen LogP contribution in [-0.2, 0) is 4.79 Å². The van der Waals surface area contributed by atoms with Crippen LogP contribution in [0.1, 0.15) is 51.0 Å². The maximum Gasteiger partial charge on any atom is 0.236 e. The van der Waals surface area contributed by atoms with Gasteiger partial charge in [-0.2, -0.15) is 5.10 Å². The second-order valence-corrected chi connectivity index (χ2v) is 6.64. The zero-order chi connectivity index (χ0) is 17.0. The van der Waals surface area contributed by atoms with Crippen molar-refractivity contribution >= 4 is 29.1 Å². The summed E-state index contributed by atoms with van der Waals surface area (Å²) in [5, 5.41) is 11.1. The summed E-state index contributed by atoms with van der Waals surface area (Å²) in [6.07, 6.45) is 9.25. The minimum atomic E-state index is -0.0270. The van der Waals surface area contributed by atoms with E-state index in [1.807, 2.05) is 24.3 Å². The number of unbranched alkanes of at least 4 members (excludes halogenated alkanes) is 5. The van der Waals surface area contributed by atoms with Gasteiger partial charge in [-0.05, 0) is 36.2 Å². The van der Waals surface area contributed by atoms with Crippen LogP contribution in [0, 0.1) is 0 Å². The first-order chi connectivity index (χ1) is 11.8. The molecule has 0 atom stereocenters. The van der Waals surface area contributed by atoms with Crippen LogP contribution < -0.4 is 10.1 Å². The number of hydrogen-bond acceptors (Lipinski definition) is 5. The third-order valence-electron chi connectivity index (χ3n) is 3.59. The molecule has 2 rings (SSSR count). The smallest absolute Gasteiger partial charge is 0.236 e. The van der Waals surface area contributed by atoms with E-state index in [1.54, 1.807) is 6.21 Å². The maximum absolute atomic E-state index is 11.0. The van der Waals surface area contributed by atoms with Gasteiger partial charge in [0.05, 0.1) is 18.6 Å². The summed E-state index contributed by atoms with van der Waals surface area (Å²) in [6, 6.07) is 7.77. The fourth-order valence-electron chi connectivity index (χ4n) is 2.25. The lowest BCUT2D eigenvalue weighted by atomic mass is 10.1. The Hall–Kier alpha value is -1.82. The van der Waals surface area contributed by atoms with Gasteiger partial charge in [-0.15, -0.1) is 5.10 Å². The number of amidine groups is 1. The fourth-order valence-corrected chi connectivity index (χ4v) is 2.88. The zero-order valence-corrected chi connectivity index (χ0v) is 15.0. The van der Waals surface area contributed by atoms with Gasteiger partial charge in [0, 0.05) is 0 Å². The first kappa shape index (κ1) is 18.5. The number of hydrogen-bond donors (Lipinski definition) is 1. The number of nitrogens with zero attached hydrogens (tertiary/aromatic N) is 2. The quantitative estimate of drug-likeness (QED) is 0.395. The van der Waals surface area contributed by atoms with Crippen LogP contribution in [-0.4, -0.2) is 29.6 Å². The number of thioether (sulfide) groups is 1. The van der Waals surface area contributed by atoms with Crippen molar-refractivity contribution in [2.75, 3.05) is 12.4 Å². The second kappa shape index (κ2) is 10.9. The number of nitrogens with one attached hydrogen (secondary N) is 1. The molecule has 130 valence electrons. The molecule has 6 heteroatoms. The first-order valence-electron chi connectivity index (χ1n) is 8.54. The SMILES string of the molecule is CCCCCCCCOc1ccc(C=NN=C2NC(=O)CS2)cc1. The standard InChI is InChI=1S/C18H25N3O2S/c1-2-3-4-5-6-7-12-23-16-10-8-15(9-11-16)13-19-21-18-20-17(22)14-24-18/h8-11,13H,2-7,12,14H2,1H3,(H,20,21,22). The highest BCUT2D eigenvalue weighted by Crippen LogP contribution is 2.13. The number of carbonyl (C=O) groups excluding carboxylic acids is 1. The highest BCUT2D eigenvalue weighted by Gasteiger charge is 2.15. The molecule has 1 aliphatic rings. The van der Waals surface area contributed by atoms with Gasteiger partial charge >= 0.3 is 0 Å². The zero-order valence-electron chi connectivity index (χ0n) is 14.2. The molecule has 1 saturated heterocycles. The molecule has 1 heterocycles. The van der Waals surface area contributed by atoms with Crippen LogP contribution in [0.2, 0.25) is 0 Å². The maximum atomic E-state index is 11.0. The third-order valence-corrected chi connectivity index (χ3v) is 4.45. The Labute approximate surface area is 148 Å². The van der Waals surface area contributed by atoms with E-state index in [1.165, 1.54) is 43.9 Å². The fraction of sp³-hybridized carbons (Fsp3) is 0.500. The summed E-state index contributed by atoms with van der Waals surface area (Å²) < 4.78 is 5.74. The molecule has 0 bridgehead atoms. The normalized spacial score (nSPS) is 16.0. The van der Waals surface area contributed by atoms with Crippen molar-refractivity contribution in [2.24, 2.45) is 10.2 Å². The highest BCUT2D eigenvalue weighted by molar-refractivity contribution is 8.15. The largest absolute Gasteiger partial charge is 0.494 e. The van der Waals surface area contributed by atoms with Gasteiger partial charge in [-0.3, -0.25) is 4.79 Å². The number of carbonyl (C=O) groups is 1. The predicted octanol–water partition coefficient (Wildman–Crippen LogP) is 3.98. The van der Waals surface area contributed by atoms with Gasteiger partial charge in [0.25, 0.3) is 0 Å². The topological polar surface area (TPSA) is 63.1 Å². The van der Waals surface area contributed by atoms with Crippen molar-refractivity contribution in [3.05, 3.63) is 29.8 Å². The monoisotopic (exact) mass is 347 g/mol. The van der Waals surface area contributed by atoms with Gasteiger partial charge < -0.3 is 10.1 Å². The summed E-state index contributed by atoms with van der Waals surface area (Å²) in [5.74, 6) is 1.27. The van der Waals surface area contributed by atoms with E-state index in [9.17, 15) is 4.79 Å². The number of ether oxygens (including phenoxy) is 1. The Balaban J connectivity index is 1.66. The minimum absolute atomic E-state index is 0.0270. The minimum Gasteiger partial charge on any atom is -0.494 e. The molecule has 0 aliphatic carbocycles. The summed E-state index contributed by atoms with van der Waals surface area (Å²) in [7, 11) is 0. The molecule has 0 saturated carbocycles.